The van der Waals surface area contributed by atoms with E-state index in [1.165, 1.54) is 6.20 Å². The van der Waals surface area contributed by atoms with Crippen molar-refractivity contribution >= 4 is 11.9 Å². The van der Waals surface area contributed by atoms with Crippen molar-refractivity contribution in [3.63, 3.8) is 0 Å². The highest BCUT2D eigenvalue weighted by Crippen LogP contribution is 2.10. The fourth-order valence-electron chi connectivity index (χ4n) is 1.39. The molecule has 0 amide bonds. The van der Waals surface area contributed by atoms with E-state index in [9.17, 15) is 4.79 Å². The molecule has 96 valence electrons. The minimum atomic E-state index is -0.404. The van der Waals surface area contributed by atoms with Crippen molar-refractivity contribution in [1.29, 1.82) is 0 Å². The molecule has 1 unspecified atom stereocenters. The number of esters is 1. The molecular weight excluding hydrogens is 230 g/mol. The van der Waals surface area contributed by atoms with E-state index in [0.29, 0.717) is 30.2 Å². The van der Waals surface area contributed by atoms with E-state index in [4.69, 9.17) is 11.2 Å². The summed E-state index contributed by atoms with van der Waals surface area (Å²) in [6.07, 6.45) is 7.27. The number of hydrogen-bond donors (Lipinski definition) is 1. The Hall–Kier alpha value is -2.09. The van der Waals surface area contributed by atoms with E-state index < -0.39 is 5.97 Å². The van der Waals surface area contributed by atoms with Crippen molar-refractivity contribution < 1.29 is 9.53 Å². The highest BCUT2D eigenvalue weighted by Gasteiger charge is 2.13. The zero-order valence-corrected chi connectivity index (χ0v) is 10.9. The summed E-state index contributed by atoms with van der Waals surface area (Å²) in [7, 11) is 0. The van der Waals surface area contributed by atoms with Crippen LogP contribution in [-0.4, -0.2) is 28.6 Å². The maximum atomic E-state index is 11.6. The Morgan fingerprint density at radius 1 is 1.67 bits per heavy atom. The Balaban J connectivity index is 2.80. The van der Waals surface area contributed by atoms with Crippen molar-refractivity contribution in [3.8, 4) is 12.3 Å². The molecule has 0 aliphatic rings. The number of hydrogen-bond acceptors (Lipinski definition) is 5. The number of carbonyl (C=O) groups excluding carboxylic acids is 1. The number of anilines is 1. The number of nitrogens with one attached hydrogen (secondary N) is 1. The van der Waals surface area contributed by atoms with Gasteiger partial charge in [-0.1, -0.05) is 0 Å². The largest absolute Gasteiger partial charge is 0.462 e. The Morgan fingerprint density at radius 2 is 2.39 bits per heavy atom. The molecule has 5 nitrogen and oxygen atoms in total. The third-order valence-corrected chi connectivity index (χ3v) is 2.27. The normalized spacial score (nSPS) is 11.4. The van der Waals surface area contributed by atoms with Crippen molar-refractivity contribution in [2.75, 3.05) is 11.9 Å². The topological polar surface area (TPSA) is 64.1 Å². The predicted molar refractivity (Wildman–Crippen MR) is 69.3 cm³/mol. The fraction of sp³-hybridized carbons (Fsp3) is 0.462. The Kier molecular flexibility index (Phi) is 5.12. The zero-order chi connectivity index (χ0) is 13.5. The number of aryl methyl sites for hydroxylation is 1. The van der Waals surface area contributed by atoms with Crippen LogP contribution in [0.15, 0.2) is 6.20 Å². The van der Waals surface area contributed by atoms with Gasteiger partial charge in [0.1, 0.15) is 0 Å². The molecule has 0 aromatic carbocycles. The first-order valence-electron chi connectivity index (χ1n) is 5.79. The van der Waals surface area contributed by atoms with Gasteiger partial charge in [-0.2, -0.15) is 0 Å². The second-order valence-corrected chi connectivity index (χ2v) is 3.87. The third-order valence-electron chi connectivity index (χ3n) is 2.27. The van der Waals surface area contributed by atoms with Crippen LogP contribution < -0.4 is 5.32 Å². The lowest BCUT2D eigenvalue weighted by atomic mass is 10.2. The minimum absolute atomic E-state index is 0.0860. The molecule has 1 atom stereocenters. The van der Waals surface area contributed by atoms with E-state index >= 15 is 0 Å². The van der Waals surface area contributed by atoms with Crippen LogP contribution in [0.25, 0.3) is 0 Å². The quantitative estimate of drug-likeness (QED) is 0.634. The third kappa shape index (κ3) is 3.74. The van der Waals surface area contributed by atoms with Gasteiger partial charge in [0, 0.05) is 18.7 Å². The smallest absolute Gasteiger partial charge is 0.341 e. The van der Waals surface area contributed by atoms with Gasteiger partial charge in [-0.3, -0.25) is 0 Å². The van der Waals surface area contributed by atoms with Gasteiger partial charge in [0.15, 0.2) is 0 Å². The molecule has 0 aliphatic heterocycles. The summed E-state index contributed by atoms with van der Waals surface area (Å²) in [5.41, 5.74) is 0.964. The summed E-state index contributed by atoms with van der Waals surface area (Å²) in [6, 6.07) is 0.0860. The summed E-state index contributed by atoms with van der Waals surface area (Å²) < 4.78 is 4.90. The van der Waals surface area contributed by atoms with Crippen LogP contribution in [0, 0.1) is 19.3 Å². The van der Waals surface area contributed by atoms with Crippen LogP contribution in [0.1, 0.15) is 36.3 Å². The summed E-state index contributed by atoms with van der Waals surface area (Å²) >= 11 is 0. The maximum absolute atomic E-state index is 11.6. The Morgan fingerprint density at radius 3 is 2.94 bits per heavy atom. The van der Waals surface area contributed by atoms with Crippen LogP contribution in [0.2, 0.25) is 0 Å². The van der Waals surface area contributed by atoms with Gasteiger partial charge in [0.25, 0.3) is 0 Å². The number of carbonyl (C=O) groups is 1. The van der Waals surface area contributed by atoms with Gasteiger partial charge in [0.2, 0.25) is 5.95 Å². The lowest BCUT2D eigenvalue weighted by Crippen LogP contribution is -2.17. The highest BCUT2D eigenvalue weighted by atomic mass is 16.5. The van der Waals surface area contributed by atoms with Gasteiger partial charge < -0.3 is 10.1 Å². The van der Waals surface area contributed by atoms with Gasteiger partial charge in [-0.25, -0.2) is 14.8 Å². The Labute approximate surface area is 107 Å². The fourth-order valence-corrected chi connectivity index (χ4v) is 1.39. The molecule has 0 fully saturated rings. The summed E-state index contributed by atoms with van der Waals surface area (Å²) in [5, 5.41) is 3.06. The number of terminal acetylenes is 1. The van der Waals surface area contributed by atoms with E-state index in [-0.39, 0.29) is 6.04 Å². The predicted octanol–water partition coefficient (Wildman–Crippen LogP) is 1.79. The zero-order valence-electron chi connectivity index (χ0n) is 10.9. The van der Waals surface area contributed by atoms with Crippen LogP contribution in [0.4, 0.5) is 5.95 Å². The van der Waals surface area contributed by atoms with Crippen LogP contribution >= 0.6 is 0 Å². The number of nitrogens with zero attached hydrogens (tertiary/aromatic N) is 2. The van der Waals surface area contributed by atoms with Crippen molar-refractivity contribution in [1.82, 2.24) is 9.97 Å². The minimum Gasteiger partial charge on any atom is -0.462 e. The molecule has 1 aromatic rings. The maximum Gasteiger partial charge on any atom is 0.341 e. The molecule has 0 spiro atoms. The summed E-state index contributed by atoms with van der Waals surface area (Å²) in [4.78, 5) is 19.8. The lowest BCUT2D eigenvalue weighted by molar-refractivity contribution is 0.0524. The number of ether oxygens (including phenoxy) is 1. The van der Waals surface area contributed by atoms with Gasteiger partial charge in [-0.05, 0) is 20.8 Å². The summed E-state index contributed by atoms with van der Waals surface area (Å²) in [5.74, 6) is 2.61. The van der Waals surface area contributed by atoms with E-state index in [2.05, 4.69) is 21.2 Å². The number of aromatic nitrogens is 2. The molecule has 1 rings (SSSR count). The molecule has 1 aromatic heterocycles. The molecule has 0 saturated heterocycles. The van der Waals surface area contributed by atoms with Gasteiger partial charge in [-0.15, -0.1) is 12.3 Å². The van der Waals surface area contributed by atoms with Crippen LogP contribution in [0.5, 0.6) is 0 Å². The second-order valence-electron chi connectivity index (χ2n) is 3.87. The van der Waals surface area contributed by atoms with E-state index in [0.717, 1.165) is 0 Å². The molecule has 18 heavy (non-hydrogen) atoms. The SMILES string of the molecule is C#CCC(C)Nc1ncc(C(=O)OCC)c(C)n1. The van der Waals surface area contributed by atoms with Crippen LogP contribution in [0.3, 0.4) is 0 Å². The molecule has 0 saturated carbocycles. The molecule has 0 aliphatic carbocycles. The number of rotatable bonds is 5. The first-order valence-corrected chi connectivity index (χ1v) is 5.79. The van der Waals surface area contributed by atoms with Crippen molar-refractivity contribution in [3.05, 3.63) is 17.5 Å². The molecular formula is C13H17N3O2. The highest BCUT2D eigenvalue weighted by molar-refractivity contribution is 5.90. The van der Waals surface area contributed by atoms with Crippen molar-refractivity contribution in [2.24, 2.45) is 0 Å². The molecule has 1 N–H and O–H groups in total. The molecule has 0 radical (unpaired) electrons. The van der Waals surface area contributed by atoms with E-state index in [1.807, 2.05) is 6.92 Å². The second kappa shape index (κ2) is 6.60. The van der Waals surface area contributed by atoms with Gasteiger partial charge in [0.05, 0.1) is 17.9 Å². The van der Waals surface area contributed by atoms with Crippen molar-refractivity contribution in [2.45, 2.75) is 33.2 Å². The molecule has 0 bridgehead atoms. The average molecular weight is 247 g/mol. The monoisotopic (exact) mass is 247 g/mol. The van der Waals surface area contributed by atoms with E-state index in [1.54, 1.807) is 13.8 Å². The van der Waals surface area contributed by atoms with Crippen LogP contribution in [-0.2, 0) is 4.74 Å². The first kappa shape index (κ1) is 14.0. The average Bonchev–Trinajstić information content (AvgIpc) is 2.29. The standard InChI is InChI=1S/C13H17N3O2/c1-5-7-9(3)15-13-14-8-11(10(4)16-13)12(17)18-6-2/h1,8-9H,6-7H2,2-4H3,(H,14,15,16). The first-order chi connectivity index (χ1) is 8.58. The Bertz CT molecular complexity index is 466. The molecule has 5 heteroatoms. The summed E-state index contributed by atoms with van der Waals surface area (Å²) in [6.45, 7) is 5.77. The lowest BCUT2D eigenvalue weighted by Gasteiger charge is -2.12. The molecule has 1 heterocycles. The van der Waals surface area contributed by atoms with Gasteiger partial charge >= 0.3 is 5.97 Å².